The van der Waals surface area contributed by atoms with E-state index in [4.69, 9.17) is 11.6 Å². The smallest absolute Gasteiger partial charge is 0.288 e. The van der Waals surface area contributed by atoms with E-state index in [-0.39, 0.29) is 11.6 Å². The summed E-state index contributed by atoms with van der Waals surface area (Å²) in [6, 6.07) is 8.67. The third kappa shape index (κ3) is 3.59. The van der Waals surface area contributed by atoms with E-state index < -0.39 is 11.6 Å². The molecule has 0 spiro atoms. The van der Waals surface area contributed by atoms with Crippen LogP contribution in [0.5, 0.6) is 0 Å². The molecule has 0 saturated carbocycles. The summed E-state index contributed by atoms with van der Waals surface area (Å²) in [4.78, 5) is 28.9. The van der Waals surface area contributed by atoms with Crippen LogP contribution < -0.4 is 5.32 Å². The molecule has 1 amide bonds. The molecule has 1 N–H and O–H groups in total. The fourth-order valence-electron chi connectivity index (χ4n) is 2.86. The number of benzene rings is 1. The van der Waals surface area contributed by atoms with Gasteiger partial charge in [-0.3, -0.25) is 4.79 Å². The molecule has 0 radical (unpaired) electrons. The Kier molecular flexibility index (Phi) is 4.90. The highest BCUT2D eigenvalue weighted by molar-refractivity contribution is 6.30. The highest BCUT2D eigenvalue weighted by Crippen LogP contribution is 2.29. The molecule has 0 aliphatic rings. The maximum atomic E-state index is 14.4. The Balaban J connectivity index is 1.97. The van der Waals surface area contributed by atoms with Crippen LogP contribution in [0.25, 0.3) is 28.1 Å². The predicted octanol–water partition coefficient (Wildman–Crippen LogP) is 3.49. The van der Waals surface area contributed by atoms with E-state index in [1.165, 1.54) is 38.0 Å². The molecule has 0 atom stereocenters. The van der Waals surface area contributed by atoms with E-state index in [0.717, 1.165) is 5.56 Å². The van der Waals surface area contributed by atoms with Gasteiger partial charge in [-0.2, -0.15) is 5.10 Å². The average Bonchev–Trinajstić information content (AvgIpc) is 3.12. The van der Waals surface area contributed by atoms with Gasteiger partial charge < -0.3 is 5.32 Å². The number of hydrogen-bond donors (Lipinski definition) is 1. The molecule has 0 aliphatic heterocycles. The summed E-state index contributed by atoms with van der Waals surface area (Å²) in [5.41, 5.74) is 0.485. The number of carbonyl (C=O) groups excluding carboxylic acids is 1. The van der Waals surface area contributed by atoms with Crippen LogP contribution in [0.2, 0.25) is 5.02 Å². The second-order valence-corrected chi connectivity index (χ2v) is 7.42. The van der Waals surface area contributed by atoms with Crippen LogP contribution in [-0.4, -0.2) is 42.7 Å². The summed E-state index contributed by atoms with van der Waals surface area (Å²) in [7, 11) is 1.50. The maximum absolute atomic E-state index is 14.4. The van der Waals surface area contributed by atoms with Crippen molar-refractivity contribution in [3.63, 3.8) is 0 Å². The minimum Gasteiger partial charge on any atom is -0.352 e. The second kappa shape index (κ2) is 7.42. The number of rotatable bonds is 4. The molecule has 3 aromatic heterocycles. The number of halogens is 2. The molecule has 1 aromatic carbocycles. The van der Waals surface area contributed by atoms with Gasteiger partial charge in [0.05, 0.1) is 6.20 Å². The Morgan fingerprint density at radius 1 is 1.13 bits per heavy atom. The van der Waals surface area contributed by atoms with Gasteiger partial charge in [0.25, 0.3) is 5.91 Å². The molecule has 4 aromatic rings. The van der Waals surface area contributed by atoms with Crippen molar-refractivity contribution < 1.29 is 9.18 Å². The Morgan fingerprint density at radius 2 is 1.87 bits per heavy atom. The fourth-order valence-corrected chi connectivity index (χ4v) is 2.98. The Bertz CT molecular complexity index is 1250. The molecule has 10 heteroatoms. The molecule has 0 unspecified atom stereocenters. The number of alkyl halides is 1. The molecule has 8 nitrogen and oxygen atoms in total. The summed E-state index contributed by atoms with van der Waals surface area (Å²) >= 11 is 6.01. The van der Waals surface area contributed by atoms with Crippen molar-refractivity contribution >= 4 is 28.5 Å². The topological polar surface area (TPSA) is 98.5 Å². The van der Waals surface area contributed by atoms with Gasteiger partial charge in [0.1, 0.15) is 16.7 Å². The lowest BCUT2D eigenvalue weighted by molar-refractivity contribution is 0.0953. The molecule has 0 fully saturated rings. The van der Waals surface area contributed by atoms with Gasteiger partial charge in [0.2, 0.25) is 5.82 Å². The Labute approximate surface area is 176 Å². The van der Waals surface area contributed by atoms with Crippen molar-refractivity contribution in [2.24, 2.45) is 0 Å². The minimum atomic E-state index is -1.72. The quantitative estimate of drug-likeness (QED) is 0.537. The van der Waals surface area contributed by atoms with Crippen molar-refractivity contribution in [2.75, 3.05) is 7.05 Å². The SMILES string of the molecule is CNC(=O)c1ncc2c(n1)c(-c1ccc(Cl)cc1)nn2-c1ccnc(C(C)(C)F)n1. The molecule has 3 heterocycles. The van der Waals surface area contributed by atoms with Crippen molar-refractivity contribution in [1.82, 2.24) is 35.0 Å². The van der Waals surface area contributed by atoms with E-state index in [9.17, 15) is 9.18 Å². The van der Waals surface area contributed by atoms with Gasteiger partial charge in [-0.15, -0.1) is 0 Å². The second-order valence-electron chi connectivity index (χ2n) is 6.98. The van der Waals surface area contributed by atoms with Crippen LogP contribution in [0.3, 0.4) is 0 Å². The zero-order valence-electron chi connectivity index (χ0n) is 16.4. The number of nitrogens with one attached hydrogen (secondary N) is 1. The largest absolute Gasteiger partial charge is 0.352 e. The van der Waals surface area contributed by atoms with E-state index in [0.29, 0.717) is 27.6 Å². The highest BCUT2D eigenvalue weighted by Gasteiger charge is 2.24. The monoisotopic (exact) mass is 425 g/mol. The zero-order chi connectivity index (χ0) is 21.5. The lowest BCUT2D eigenvalue weighted by Crippen LogP contribution is -2.20. The average molecular weight is 426 g/mol. The highest BCUT2D eigenvalue weighted by atomic mass is 35.5. The predicted molar refractivity (Wildman–Crippen MR) is 110 cm³/mol. The van der Waals surface area contributed by atoms with Crippen LogP contribution in [0.15, 0.2) is 42.7 Å². The summed E-state index contributed by atoms with van der Waals surface area (Å²) in [6.45, 7) is 2.76. The molecular weight excluding hydrogens is 409 g/mol. The van der Waals surface area contributed by atoms with Crippen LogP contribution in [0.4, 0.5) is 4.39 Å². The maximum Gasteiger partial charge on any atom is 0.288 e. The summed E-state index contributed by atoms with van der Waals surface area (Å²) < 4.78 is 15.9. The molecule has 0 aliphatic carbocycles. The number of aromatic nitrogens is 6. The first-order valence-corrected chi connectivity index (χ1v) is 9.42. The number of carbonyl (C=O) groups is 1. The summed E-state index contributed by atoms with van der Waals surface area (Å²) in [5.74, 6) is -0.0323. The zero-order valence-corrected chi connectivity index (χ0v) is 17.1. The van der Waals surface area contributed by atoms with E-state index in [2.05, 4.69) is 30.4 Å². The molecule has 152 valence electrons. The normalized spacial score (nSPS) is 11.6. The Morgan fingerprint density at radius 3 is 2.53 bits per heavy atom. The first-order chi connectivity index (χ1) is 14.3. The van der Waals surface area contributed by atoms with Crippen molar-refractivity contribution in [3.05, 3.63) is 59.4 Å². The lowest BCUT2D eigenvalue weighted by Gasteiger charge is -2.13. The third-order valence-corrected chi connectivity index (χ3v) is 4.61. The first-order valence-electron chi connectivity index (χ1n) is 9.04. The van der Waals surface area contributed by atoms with E-state index in [1.54, 1.807) is 30.3 Å². The summed E-state index contributed by atoms with van der Waals surface area (Å²) in [6.07, 6.45) is 2.95. The van der Waals surface area contributed by atoms with Gasteiger partial charge in [-0.05, 0) is 26.0 Å². The van der Waals surface area contributed by atoms with Gasteiger partial charge in [0.15, 0.2) is 17.3 Å². The van der Waals surface area contributed by atoms with Crippen LogP contribution in [-0.2, 0) is 5.67 Å². The van der Waals surface area contributed by atoms with Crippen molar-refractivity contribution in [3.8, 4) is 17.1 Å². The van der Waals surface area contributed by atoms with E-state index >= 15 is 0 Å². The van der Waals surface area contributed by atoms with Crippen LogP contribution in [0, 0.1) is 0 Å². The summed E-state index contributed by atoms with van der Waals surface area (Å²) in [5, 5.41) is 7.72. The molecule has 4 rings (SSSR count). The number of fused-ring (bicyclic) bond motifs is 1. The van der Waals surface area contributed by atoms with Crippen LogP contribution in [0.1, 0.15) is 30.3 Å². The number of nitrogens with zero attached hydrogens (tertiary/aromatic N) is 6. The van der Waals surface area contributed by atoms with E-state index in [1.807, 2.05) is 0 Å². The van der Waals surface area contributed by atoms with Gasteiger partial charge in [-0.25, -0.2) is 29.0 Å². The molecule has 0 bridgehead atoms. The fraction of sp³-hybridized carbons (Fsp3) is 0.200. The molecule has 30 heavy (non-hydrogen) atoms. The number of hydrogen-bond acceptors (Lipinski definition) is 6. The molecular formula is C20H17ClFN7O. The van der Waals surface area contributed by atoms with Crippen LogP contribution >= 0.6 is 11.6 Å². The Hall–Kier alpha value is -3.46. The first kappa shape index (κ1) is 19.8. The third-order valence-electron chi connectivity index (χ3n) is 4.36. The number of amides is 1. The van der Waals surface area contributed by atoms with Gasteiger partial charge >= 0.3 is 0 Å². The minimum absolute atomic E-state index is 0.00744. The van der Waals surface area contributed by atoms with Crippen molar-refractivity contribution in [2.45, 2.75) is 19.5 Å². The molecule has 0 saturated heterocycles. The standard InChI is InChI=1S/C20H17ClFN7O/c1-20(2,22)19-24-9-8-14(26-19)29-13-10-25-17(18(30)23-3)27-16(13)15(28-29)11-4-6-12(21)7-5-11/h4-10H,1-3H3,(H,23,30). The van der Waals surface area contributed by atoms with Gasteiger partial charge in [0, 0.05) is 29.9 Å². The lowest BCUT2D eigenvalue weighted by atomic mass is 10.1. The van der Waals surface area contributed by atoms with Crippen molar-refractivity contribution in [1.29, 1.82) is 0 Å². The van der Waals surface area contributed by atoms with Gasteiger partial charge in [-0.1, -0.05) is 23.7 Å².